The zero-order valence-corrected chi connectivity index (χ0v) is 10.8. The van der Waals surface area contributed by atoms with Gasteiger partial charge in [0.2, 0.25) is 5.91 Å². The first-order chi connectivity index (χ1) is 9.19. The van der Waals surface area contributed by atoms with Crippen molar-refractivity contribution in [3.05, 3.63) is 48.5 Å². The van der Waals surface area contributed by atoms with Crippen LogP contribution in [0.25, 0.3) is 0 Å². The molecular formula is C15H15BN2O. The van der Waals surface area contributed by atoms with Crippen molar-refractivity contribution in [1.82, 2.24) is 0 Å². The van der Waals surface area contributed by atoms with Gasteiger partial charge >= 0.3 is 0 Å². The van der Waals surface area contributed by atoms with Crippen molar-refractivity contribution in [3.8, 4) is 0 Å². The maximum Gasteiger partial charge on any atom is 0.224 e. The topological polar surface area (TPSA) is 41.1 Å². The second kappa shape index (κ2) is 6.09. The summed E-state index contributed by atoms with van der Waals surface area (Å²) in [4.78, 5) is 11.5. The molecule has 0 aromatic heterocycles. The van der Waals surface area contributed by atoms with Gasteiger partial charge in [0.1, 0.15) is 7.85 Å². The standard InChI is InChI=1S/C15H15BN2O/c1-2-15(19)18-14-10-11(16)8-9-13(14)17-12-6-4-3-5-7-12/h3-10,17H,2H2,1H3,(H,18,19). The molecule has 2 rings (SSSR count). The lowest BCUT2D eigenvalue weighted by atomic mass is 9.95. The lowest BCUT2D eigenvalue weighted by molar-refractivity contribution is -0.115. The van der Waals surface area contributed by atoms with E-state index < -0.39 is 0 Å². The van der Waals surface area contributed by atoms with Gasteiger partial charge in [0.25, 0.3) is 0 Å². The highest BCUT2D eigenvalue weighted by molar-refractivity contribution is 6.33. The van der Waals surface area contributed by atoms with E-state index in [-0.39, 0.29) is 5.91 Å². The number of hydrogen-bond donors (Lipinski definition) is 2. The highest BCUT2D eigenvalue weighted by Gasteiger charge is 2.06. The Morgan fingerprint density at radius 2 is 1.84 bits per heavy atom. The lowest BCUT2D eigenvalue weighted by Gasteiger charge is -2.14. The first-order valence-corrected chi connectivity index (χ1v) is 6.20. The Bertz CT molecular complexity index is 570. The van der Waals surface area contributed by atoms with Crippen LogP contribution in [0, 0.1) is 0 Å². The predicted octanol–water partition coefficient (Wildman–Crippen LogP) is 2.57. The van der Waals surface area contributed by atoms with Crippen LogP contribution in [-0.4, -0.2) is 13.8 Å². The molecule has 2 radical (unpaired) electrons. The number of para-hydroxylation sites is 1. The van der Waals surface area contributed by atoms with Gasteiger partial charge in [-0.15, -0.1) is 0 Å². The molecule has 0 unspecified atom stereocenters. The van der Waals surface area contributed by atoms with Crippen molar-refractivity contribution in [2.24, 2.45) is 0 Å². The van der Waals surface area contributed by atoms with Gasteiger partial charge < -0.3 is 10.6 Å². The van der Waals surface area contributed by atoms with Crippen molar-refractivity contribution in [3.63, 3.8) is 0 Å². The monoisotopic (exact) mass is 250 g/mol. The Labute approximate surface area is 114 Å². The van der Waals surface area contributed by atoms with Crippen molar-refractivity contribution in [2.75, 3.05) is 10.6 Å². The fourth-order valence-corrected chi connectivity index (χ4v) is 1.69. The SMILES string of the molecule is [B]c1ccc(Nc2ccccc2)c(NC(=O)CC)c1. The van der Waals surface area contributed by atoms with E-state index in [2.05, 4.69) is 10.6 Å². The zero-order chi connectivity index (χ0) is 13.7. The third-order valence-corrected chi connectivity index (χ3v) is 2.69. The summed E-state index contributed by atoms with van der Waals surface area (Å²) in [7, 11) is 5.76. The van der Waals surface area contributed by atoms with Crippen molar-refractivity contribution >= 4 is 36.3 Å². The molecular weight excluding hydrogens is 235 g/mol. The molecule has 0 saturated heterocycles. The maximum atomic E-state index is 11.5. The number of benzene rings is 2. The van der Waals surface area contributed by atoms with Crippen molar-refractivity contribution in [2.45, 2.75) is 13.3 Å². The van der Waals surface area contributed by atoms with E-state index in [9.17, 15) is 4.79 Å². The van der Waals surface area contributed by atoms with E-state index in [4.69, 9.17) is 7.85 Å². The molecule has 94 valence electrons. The average molecular weight is 250 g/mol. The molecule has 0 heterocycles. The number of rotatable bonds is 4. The van der Waals surface area contributed by atoms with Crippen LogP contribution in [0.15, 0.2) is 48.5 Å². The second-order valence-corrected chi connectivity index (χ2v) is 4.20. The summed E-state index contributed by atoms with van der Waals surface area (Å²) in [5.41, 5.74) is 3.09. The van der Waals surface area contributed by atoms with E-state index in [0.29, 0.717) is 17.6 Å². The third kappa shape index (κ3) is 3.62. The van der Waals surface area contributed by atoms with Crippen LogP contribution in [0.5, 0.6) is 0 Å². The van der Waals surface area contributed by atoms with Gasteiger partial charge in [-0.1, -0.05) is 36.7 Å². The fourth-order valence-electron chi connectivity index (χ4n) is 1.69. The fraction of sp³-hybridized carbons (Fsp3) is 0.133. The number of nitrogens with one attached hydrogen (secondary N) is 2. The van der Waals surface area contributed by atoms with Crippen LogP contribution in [0.4, 0.5) is 17.1 Å². The Morgan fingerprint density at radius 3 is 2.53 bits per heavy atom. The van der Waals surface area contributed by atoms with Crippen LogP contribution >= 0.6 is 0 Å². The first kappa shape index (κ1) is 13.2. The number of carbonyl (C=O) groups excluding carboxylic acids is 1. The van der Waals surface area contributed by atoms with Crippen molar-refractivity contribution in [1.29, 1.82) is 0 Å². The first-order valence-electron chi connectivity index (χ1n) is 6.20. The van der Waals surface area contributed by atoms with Gasteiger partial charge in [0.15, 0.2) is 0 Å². The van der Waals surface area contributed by atoms with Gasteiger partial charge in [-0.05, 0) is 24.3 Å². The van der Waals surface area contributed by atoms with Crippen LogP contribution < -0.4 is 16.1 Å². The van der Waals surface area contributed by atoms with Gasteiger partial charge in [-0.3, -0.25) is 4.79 Å². The van der Waals surface area contributed by atoms with Gasteiger partial charge in [0.05, 0.1) is 11.4 Å². The largest absolute Gasteiger partial charge is 0.354 e. The molecule has 2 aromatic rings. The summed E-state index contributed by atoms with van der Waals surface area (Å²) < 4.78 is 0. The maximum absolute atomic E-state index is 11.5. The smallest absolute Gasteiger partial charge is 0.224 e. The summed E-state index contributed by atoms with van der Waals surface area (Å²) >= 11 is 0. The third-order valence-electron chi connectivity index (χ3n) is 2.69. The van der Waals surface area contributed by atoms with E-state index >= 15 is 0 Å². The highest BCUT2D eigenvalue weighted by Crippen LogP contribution is 2.24. The minimum absolute atomic E-state index is 0.0401. The minimum Gasteiger partial charge on any atom is -0.354 e. The summed E-state index contributed by atoms with van der Waals surface area (Å²) in [6, 6.07) is 15.2. The Hall–Kier alpha value is -2.23. The van der Waals surface area contributed by atoms with Gasteiger partial charge in [-0.2, -0.15) is 0 Å². The Balaban J connectivity index is 2.26. The molecule has 19 heavy (non-hydrogen) atoms. The Morgan fingerprint density at radius 1 is 1.11 bits per heavy atom. The molecule has 2 aromatic carbocycles. The van der Waals surface area contributed by atoms with Gasteiger partial charge in [-0.25, -0.2) is 0 Å². The van der Waals surface area contributed by atoms with Crippen LogP contribution in [0.1, 0.15) is 13.3 Å². The number of anilines is 3. The van der Waals surface area contributed by atoms with Crippen molar-refractivity contribution < 1.29 is 4.79 Å². The summed E-state index contributed by atoms with van der Waals surface area (Å²) in [5, 5.41) is 6.10. The lowest BCUT2D eigenvalue weighted by Crippen LogP contribution is -2.14. The highest BCUT2D eigenvalue weighted by atomic mass is 16.1. The normalized spacial score (nSPS) is 9.95. The molecule has 0 saturated carbocycles. The predicted molar refractivity (Wildman–Crippen MR) is 80.5 cm³/mol. The molecule has 1 amide bonds. The molecule has 0 aliphatic heterocycles. The van der Waals surface area contributed by atoms with Crippen LogP contribution in [-0.2, 0) is 4.79 Å². The molecule has 0 spiro atoms. The van der Waals surface area contributed by atoms with Gasteiger partial charge in [0, 0.05) is 12.1 Å². The molecule has 0 bridgehead atoms. The summed E-state index contributed by atoms with van der Waals surface area (Å²) in [5.74, 6) is -0.0401. The van der Waals surface area contributed by atoms with Crippen LogP contribution in [0.2, 0.25) is 0 Å². The number of carbonyl (C=O) groups is 1. The molecule has 0 aliphatic rings. The minimum atomic E-state index is -0.0401. The van der Waals surface area contributed by atoms with E-state index in [1.54, 1.807) is 12.1 Å². The van der Waals surface area contributed by atoms with E-state index in [1.165, 1.54) is 0 Å². The summed E-state index contributed by atoms with van der Waals surface area (Å²) in [6.45, 7) is 1.81. The molecule has 4 heteroatoms. The van der Waals surface area contributed by atoms with Crippen LogP contribution in [0.3, 0.4) is 0 Å². The Kier molecular flexibility index (Phi) is 4.24. The zero-order valence-electron chi connectivity index (χ0n) is 10.8. The van der Waals surface area contributed by atoms with E-state index in [1.807, 2.05) is 43.3 Å². The summed E-state index contributed by atoms with van der Waals surface area (Å²) in [6.07, 6.45) is 0.430. The molecule has 3 nitrogen and oxygen atoms in total. The second-order valence-electron chi connectivity index (χ2n) is 4.20. The quantitative estimate of drug-likeness (QED) is 0.819. The average Bonchev–Trinajstić information content (AvgIpc) is 2.43. The molecule has 0 atom stereocenters. The number of hydrogen-bond acceptors (Lipinski definition) is 2. The molecule has 0 fully saturated rings. The molecule has 2 N–H and O–H groups in total. The van der Waals surface area contributed by atoms with E-state index in [0.717, 1.165) is 11.4 Å². The number of amides is 1. The molecule has 0 aliphatic carbocycles.